The van der Waals surface area contributed by atoms with Gasteiger partial charge in [-0.05, 0) is 50.8 Å². The number of nitrogens with zero attached hydrogens (tertiary/aromatic N) is 3. The van der Waals surface area contributed by atoms with E-state index in [-0.39, 0.29) is 17.4 Å². The molecule has 1 aromatic heterocycles. The first-order valence-electron chi connectivity index (χ1n) is 10.6. The summed E-state index contributed by atoms with van der Waals surface area (Å²) in [6, 6.07) is 9.37. The molecule has 0 aliphatic carbocycles. The van der Waals surface area contributed by atoms with Crippen molar-refractivity contribution in [2.45, 2.75) is 38.3 Å². The molecule has 0 spiro atoms. The van der Waals surface area contributed by atoms with Gasteiger partial charge in [0.15, 0.2) is 0 Å². The molecule has 1 N–H and O–H groups in total. The van der Waals surface area contributed by atoms with Crippen LogP contribution in [0.1, 0.15) is 36.7 Å². The number of benzene rings is 1. The van der Waals surface area contributed by atoms with Gasteiger partial charge >= 0.3 is 6.09 Å². The Kier molecular flexibility index (Phi) is 7.67. The summed E-state index contributed by atoms with van der Waals surface area (Å²) in [6.07, 6.45) is 1.71. The van der Waals surface area contributed by atoms with Gasteiger partial charge in [0, 0.05) is 43.3 Å². The first kappa shape index (κ1) is 23.2. The van der Waals surface area contributed by atoms with Crippen molar-refractivity contribution in [3.05, 3.63) is 57.5 Å². The number of aromatic nitrogens is 1. The number of aryl methyl sites for hydroxylation is 1. The second-order valence-electron chi connectivity index (χ2n) is 7.53. The van der Waals surface area contributed by atoms with Crippen LogP contribution < -0.4 is 5.56 Å². The molecule has 1 atom stereocenters. The number of aromatic hydroxyl groups is 1. The average molecular weight is 446 g/mol. The van der Waals surface area contributed by atoms with E-state index in [1.165, 1.54) is 0 Å². The summed E-state index contributed by atoms with van der Waals surface area (Å²) in [7, 11) is 0. The molecule has 1 aliphatic heterocycles. The fourth-order valence-corrected chi connectivity index (χ4v) is 4.55. The lowest BCUT2D eigenvalue weighted by Crippen LogP contribution is -2.50. The Balaban J connectivity index is 2.02. The minimum atomic E-state index is -0.397. The summed E-state index contributed by atoms with van der Waals surface area (Å²) in [5.41, 5.74) is 1.89. The van der Waals surface area contributed by atoms with Crippen LogP contribution in [-0.4, -0.2) is 64.6 Å². The molecule has 1 saturated heterocycles. The summed E-state index contributed by atoms with van der Waals surface area (Å²) in [4.78, 5) is 30.5. The molecule has 0 unspecified atom stereocenters. The lowest BCUT2D eigenvalue weighted by Gasteiger charge is -2.39. The van der Waals surface area contributed by atoms with Gasteiger partial charge in [0.1, 0.15) is 5.75 Å². The van der Waals surface area contributed by atoms with Crippen molar-refractivity contribution in [1.29, 1.82) is 0 Å². The van der Waals surface area contributed by atoms with Gasteiger partial charge in [-0.2, -0.15) is 0 Å². The van der Waals surface area contributed by atoms with Crippen molar-refractivity contribution in [3.8, 4) is 5.75 Å². The van der Waals surface area contributed by atoms with Gasteiger partial charge in [0.2, 0.25) is 0 Å². The van der Waals surface area contributed by atoms with Crippen LogP contribution in [0.25, 0.3) is 0 Å². The molecule has 3 rings (SSSR count). The van der Waals surface area contributed by atoms with Crippen molar-refractivity contribution in [2.75, 3.05) is 39.0 Å². The first-order chi connectivity index (χ1) is 14.9. The zero-order valence-corrected chi connectivity index (χ0v) is 19.4. The normalized spacial score (nSPS) is 15.7. The van der Waals surface area contributed by atoms with Gasteiger partial charge in [-0.25, -0.2) is 4.79 Å². The zero-order chi connectivity index (χ0) is 22.5. The molecule has 2 heterocycles. The summed E-state index contributed by atoms with van der Waals surface area (Å²) >= 11 is 1.66. The highest BCUT2D eigenvalue weighted by molar-refractivity contribution is 7.98. The van der Waals surface area contributed by atoms with E-state index in [9.17, 15) is 14.7 Å². The number of pyridine rings is 1. The number of carbonyl (C=O) groups is 1. The van der Waals surface area contributed by atoms with Gasteiger partial charge in [-0.1, -0.05) is 12.1 Å². The Morgan fingerprint density at radius 1 is 1.16 bits per heavy atom. The lowest BCUT2D eigenvalue weighted by molar-refractivity contribution is 0.0709. The van der Waals surface area contributed by atoms with E-state index in [1.54, 1.807) is 34.2 Å². The largest absolute Gasteiger partial charge is 0.507 e. The third-order valence-corrected chi connectivity index (χ3v) is 6.49. The number of piperazine rings is 1. The topological polar surface area (TPSA) is 75.0 Å². The fraction of sp³-hybridized carbons (Fsp3) is 0.478. The van der Waals surface area contributed by atoms with E-state index >= 15 is 0 Å². The van der Waals surface area contributed by atoms with E-state index in [0.29, 0.717) is 44.9 Å². The highest BCUT2D eigenvalue weighted by Crippen LogP contribution is 2.34. The molecule has 7 nitrogen and oxygen atoms in total. The van der Waals surface area contributed by atoms with E-state index in [4.69, 9.17) is 4.74 Å². The van der Waals surface area contributed by atoms with Crippen LogP contribution in [-0.2, 0) is 11.3 Å². The second kappa shape index (κ2) is 10.2. The molecule has 0 radical (unpaired) electrons. The van der Waals surface area contributed by atoms with Crippen LogP contribution in [0.3, 0.4) is 0 Å². The summed E-state index contributed by atoms with van der Waals surface area (Å²) < 4.78 is 6.81. The quantitative estimate of drug-likeness (QED) is 0.687. The first-order valence-corrected chi connectivity index (χ1v) is 11.9. The number of carbonyl (C=O) groups excluding carboxylic acids is 1. The van der Waals surface area contributed by atoms with Gasteiger partial charge in [-0.3, -0.25) is 9.69 Å². The van der Waals surface area contributed by atoms with E-state index in [1.807, 2.05) is 44.4 Å². The predicted molar refractivity (Wildman–Crippen MR) is 123 cm³/mol. The number of amides is 1. The number of hydrogen-bond acceptors (Lipinski definition) is 6. The minimum absolute atomic E-state index is 0.0129. The molecule has 0 saturated carbocycles. The molecule has 1 amide bonds. The highest BCUT2D eigenvalue weighted by atomic mass is 32.2. The molecular weight excluding hydrogens is 414 g/mol. The Morgan fingerprint density at radius 3 is 2.35 bits per heavy atom. The molecule has 8 heteroatoms. The van der Waals surface area contributed by atoms with Crippen molar-refractivity contribution in [1.82, 2.24) is 14.4 Å². The molecular formula is C23H31N3O4S. The third-order valence-electron chi connectivity index (χ3n) is 5.75. The van der Waals surface area contributed by atoms with Crippen molar-refractivity contribution >= 4 is 17.9 Å². The molecule has 1 aromatic carbocycles. The molecule has 31 heavy (non-hydrogen) atoms. The number of thioether (sulfide) groups is 1. The Morgan fingerprint density at radius 2 is 1.81 bits per heavy atom. The van der Waals surface area contributed by atoms with Crippen LogP contribution >= 0.6 is 11.8 Å². The SMILES string of the molecule is CCOC(=O)N1CCN([C@H](c2ccc(SC)cc2)c2c(O)cc(C)n(CC)c2=O)CC1. The van der Waals surface area contributed by atoms with E-state index in [2.05, 4.69) is 4.90 Å². The van der Waals surface area contributed by atoms with Gasteiger partial charge in [0.25, 0.3) is 5.56 Å². The van der Waals surface area contributed by atoms with Gasteiger partial charge in [-0.15, -0.1) is 11.8 Å². The van der Waals surface area contributed by atoms with Crippen LogP contribution in [0.4, 0.5) is 4.79 Å². The van der Waals surface area contributed by atoms with Gasteiger partial charge < -0.3 is 19.3 Å². The number of hydrogen-bond donors (Lipinski definition) is 1. The lowest BCUT2D eigenvalue weighted by atomic mass is 9.96. The third kappa shape index (κ3) is 4.91. The van der Waals surface area contributed by atoms with Crippen molar-refractivity contribution in [3.63, 3.8) is 0 Å². The molecule has 168 valence electrons. The van der Waals surface area contributed by atoms with Crippen LogP contribution in [0.2, 0.25) is 0 Å². The summed E-state index contributed by atoms with van der Waals surface area (Å²) in [5, 5.41) is 10.8. The summed E-state index contributed by atoms with van der Waals surface area (Å²) in [5.74, 6) is 0.0129. The molecule has 1 fully saturated rings. The molecule has 2 aromatic rings. The fourth-order valence-electron chi connectivity index (χ4n) is 4.14. The van der Waals surface area contributed by atoms with Gasteiger partial charge in [0.05, 0.1) is 18.2 Å². The Hall–Kier alpha value is -2.45. The maximum Gasteiger partial charge on any atom is 0.409 e. The minimum Gasteiger partial charge on any atom is -0.507 e. The van der Waals surface area contributed by atoms with Crippen LogP contribution in [0.15, 0.2) is 40.0 Å². The smallest absolute Gasteiger partial charge is 0.409 e. The van der Waals surface area contributed by atoms with Crippen molar-refractivity contribution < 1.29 is 14.6 Å². The maximum absolute atomic E-state index is 13.4. The number of ether oxygens (including phenoxy) is 1. The van der Waals surface area contributed by atoms with Crippen LogP contribution in [0, 0.1) is 6.92 Å². The maximum atomic E-state index is 13.4. The highest BCUT2D eigenvalue weighted by Gasteiger charge is 2.32. The monoisotopic (exact) mass is 445 g/mol. The summed E-state index contributed by atoms with van der Waals surface area (Å²) in [6.45, 7) is 8.59. The van der Waals surface area contributed by atoms with Crippen molar-refractivity contribution in [2.24, 2.45) is 0 Å². The number of rotatable bonds is 6. The standard InChI is InChI=1S/C23H31N3O4S/c1-5-26-16(3)15-19(27)20(22(26)28)21(17-7-9-18(31-4)10-8-17)24-11-13-25(14-12-24)23(29)30-6-2/h7-10,15,21,27H,5-6,11-14H2,1-4H3/t21-/m1/s1. The van der Waals surface area contributed by atoms with E-state index < -0.39 is 6.04 Å². The Bertz CT molecular complexity index is 966. The Labute approximate surface area is 187 Å². The molecule has 1 aliphatic rings. The molecule has 0 bridgehead atoms. The average Bonchev–Trinajstić information content (AvgIpc) is 2.77. The van der Waals surface area contributed by atoms with Crippen LogP contribution in [0.5, 0.6) is 5.75 Å². The predicted octanol–water partition coefficient (Wildman–Crippen LogP) is 3.47. The zero-order valence-electron chi connectivity index (χ0n) is 18.6. The van der Waals surface area contributed by atoms with E-state index in [0.717, 1.165) is 16.2 Å². The second-order valence-corrected chi connectivity index (χ2v) is 8.41.